The van der Waals surface area contributed by atoms with Crippen LogP contribution in [0.1, 0.15) is 31.7 Å². The normalized spacial score (nSPS) is 23.9. The van der Waals surface area contributed by atoms with Gasteiger partial charge in [-0.25, -0.2) is 4.39 Å². The Morgan fingerprint density at radius 1 is 1.47 bits per heavy atom. The average Bonchev–Trinajstić information content (AvgIpc) is 2.68. The van der Waals surface area contributed by atoms with Crippen LogP contribution in [0.15, 0.2) is 22.7 Å². The molecule has 0 aliphatic heterocycles. The van der Waals surface area contributed by atoms with E-state index in [1.807, 2.05) is 0 Å². The van der Waals surface area contributed by atoms with E-state index in [0.29, 0.717) is 16.0 Å². The topological polar surface area (TPSA) is 17.1 Å². The zero-order valence-corrected chi connectivity index (χ0v) is 11.5. The summed E-state index contributed by atoms with van der Waals surface area (Å²) in [6, 6.07) is 4.89. The second kappa shape index (κ2) is 5.30. The Labute approximate surface area is 110 Å². The van der Waals surface area contributed by atoms with Gasteiger partial charge in [-0.15, -0.1) is 0 Å². The maximum Gasteiger partial charge on any atom is 0.140 e. The highest BCUT2D eigenvalue weighted by Gasteiger charge is 2.29. The van der Waals surface area contributed by atoms with Crippen molar-refractivity contribution in [3.05, 3.63) is 34.1 Å². The van der Waals surface area contributed by atoms with E-state index >= 15 is 0 Å². The third-order valence-corrected chi connectivity index (χ3v) is 4.15. The molecule has 17 heavy (non-hydrogen) atoms. The molecule has 1 nitrogen and oxygen atoms in total. The molecule has 1 saturated carbocycles. The van der Waals surface area contributed by atoms with E-state index in [0.717, 1.165) is 19.3 Å². The van der Waals surface area contributed by atoms with E-state index in [-0.39, 0.29) is 23.9 Å². The van der Waals surface area contributed by atoms with Crippen LogP contribution in [-0.4, -0.2) is 5.78 Å². The van der Waals surface area contributed by atoms with Crippen LogP contribution in [-0.2, 0) is 11.2 Å². The number of carbonyl (C=O) groups is 1. The number of hydrogen-bond donors (Lipinski definition) is 0. The molecule has 1 aliphatic rings. The number of Topliss-reactive ketones (excluding diaryl/α,β-unsaturated/α-hetero) is 1. The minimum atomic E-state index is -0.293. The van der Waals surface area contributed by atoms with Crippen LogP contribution in [0.5, 0.6) is 0 Å². The molecule has 0 N–H and O–H groups in total. The van der Waals surface area contributed by atoms with E-state index in [1.54, 1.807) is 12.1 Å². The molecule has 0 spiro atoms. The lowest BCUT2D eigenvalue weighted by molar-refractivity contribution is -0.123. The Balaban J connectivity index is 2.07. The number of rotatable bonds is 3. The fraction of sp³-hybridized carbons (Fsp3) is 0.500. The first-order chi connectivity index (χ1) is 8.08. The van der Waals surface area contributed by atoms with Crippen molar-refractivity contribution in [3.63, 3.8) is 0 Å². The van der Waals surface area contributed by atoms with Crippen molar-refractivity contribution in [3.8, 4) is 0 Å². The predicted molar refractivity (Wildman–Crippen MR) is 69.3 cm³/mol. The largest absolute Gasteiger partial charge is 0.299 e. The molecule has 0 radical (unpaired) electrons. The van der Waals surface area contributed by atoms with Gasteiger partial charge in [0, 0.05) is 16.8 Å². The molecule has 92 valence electrons. The monoisotopic (exact) mass is 298 g/mol. The number of ketones is 1. The van der Waals surface area contributed by atoms with Crippen LogP contribution in [0.3, 0.4) is 0 Å². The molecule has 0 heterocycles. The molecule has 1 fully saturated rings. The number of halogens is 2. The Morgan fingerprint density at radius 3 is 2.82 bits per heavy atom. The maximum atomic E-state index is 13.6. The number of benzene rings is 1. The van der Waals surface area contributed by atoms with Crippen molar-refractivity contribution in [2.75, 3.05) is 0 Å². The van der Waals surface area contributed by atoms with Gasteiger partial charge in [-0.05, 0) is 36.5 Å². The Bertz CT molecular complexity index is 430. The van der Waals surface area contributed by atoms with E-state index in [1.165, 1.54) is 6.07 Å². The molecule has 2 atom stereocenters. The van der Waals surface area contributed by atoms with Crippen molar-refractivity contribution >= 4 is 21.7 Å². The van der Waals surface area contributed by atoms with Crippen LogP contribution in [0, 0.1) is 17.7 Å². The highest BCUT2D eigenvalue weighted by molar-refractivity contribution is 9.10. The molecule has 1 aromatic rings. The molecular weight excluding hydrogens is 283 g/mol. The highest BCUT2D eigenvalue weighted by Crippen LogP contribution is 2.32. The van der Waals surface area contributed by atoms with Gasteiger partial charge in [0.15, 0.2) is 0 Å². The van der Waals surface area contributed by atoms with Crippen LogP contribution >= 0.6 is 15.9 Å². The fourth-order valence-electron chi connectivity index (χ4n) is 2.61. The second-order valence-electron chi connectivity index (χ2n) is 4.89. The van der Waals surface area contributed by atoms with Gasteiger partial charge in [-0.3, -0.25) is 4.79 Å². The molecule has 3 heteroatoms. The summed E-state index contributed by atoms with van der Waals surface area (Å²) in [7, 11) is 0. The van der Waals surface area contributed by atoms with Crippen molar-refractivity contribution < 1.29 is 9.18 Å². The van der Waals surface area contributed by atoms with Crippen molar-refractivity contribution in [1.82, 2.24) is 0 Å². The first-order valence-electron chi connectivity index (χ1n) is 6.04. The lowest BCUT2D eigenvalue weighted by Crippen LogP contribution is -2.19. The number of hydrogen-bond acceptors (Lipinski definition) is 1. The molecule has 0 aromatic heterocycles. The van der Waals surface area contributed by atoms with E-state index in [9.17, 15) is 9.18 Å². The van der Waals surface area contributed by atoms with E-state index in [2.05, 4.69) is 22.9 Å². The van der Waals surface area contributed by atoms with Crippen molar-refractivity contribution in [2.45, 2.75) is 32.6 Å². The Hall–Kier alpha value is -0.700. The van der Waals surface area contributed by atoms with E-state index < -0.39 is 0 Å². The third-order valence-electron chi connectivity index (χ3n) is 3.65. The highest BCUT2D eigenvalue weighted by atomic mass is 79.9. The molecule has 1 aromatic carbocycles. The van der Waals surface area contributed by atoms with Crippen molar-refractivity contribution in [1.29, 1.82) is 0 Å². The molecule has 2 unspecified atom stereocenters. The van der Waals surface area contributed by atoms with Crippen LogP contribution in [0.25, 0.3) is 0 Å². The molecule has 0 saturated heterocycles. The summed E-state index contributed by atoms with van der Waals surface area (Å²) in [6.45, 7) is 2.12. The lowest BCUT2D eigenvalue weighted by atomic mass is 9.90. The van der Waals surface area contributed by atoms with Gasteiger partial charge < -0.3 is 0 Å². The van der Waals surface area contributed by atoms with Gasteiger partial charge in [0.25, 0.3) is 0 Å². The molecular formula is C14H16BrFO. The summed E-state index contributed by atoms with van der Waals surface area (Å²) in [5.41, 5.74) is 0.511. The van der Waals surface area contributed by atoms with Gasteiger partial charge >= 0.3 is 0 Å². The second-order valence-corrected chi connectivity index (χ2v) is 5.81. The first kappa shape index (κ1) is 12.7. The predicted octanol–water partition coefficient (Wildman–Crippen LogP) is 4.14. The fourth-order valence-corrected chi connectivity index (χ4v) is 2.94. The minimum Gasteiger partial charge on any atom is -0.299 e. The third kappa shape index (κ3) is 2.95. The summed E-state index contributed by atoms with van der Waals surface area (Å²) in [6.07, 6.45) is 3.45. The zero-order valence-electron chi connectivity index (χ0n) is 9.88. The summed E-state index contributed by atoms with van der Waals surface area (Å²) in [4.78, 5) is 12.1. The van der Waals surface area contributed by atoms with Crippen molar-refractivity contribution in [2.24, 2.45) is 11.8 Å². The smallest absolute Gasteiger partial charge is 0.140 e. The zero-order chi connectivity index (χ0) is 12.4. The quantitative estimate of drug-likeness (QED) is 0.820. The SMILES string of the molecule is CC1CCCC1C(=O)Cc1ccc(Br)cc1F. The molecule has 2 rings (SSSR count). The van der Waals surface area contributed by atoms with Crippen LogP contribution < -0.4 is 0 Å². The number of carbonyl (C=O) groups excluding carboxylic acids is 1. The molecule has 1 aliphatic carbocycles. The Morgan fingerprint density at radius 2 is 2.24 bits per heavy atom. The summed E-state index contributed by atoms with van der Waals surface area (Å²) >= 11 is 3.21. The summed E-state index contributed by atoms with van der Waals surface area (Å²) < 4.78 is 14.3. The maximum absolute atomic E-state index is 13.6. The van der Waals surface area contributed by atoms with Gasteiger partial charge in [-0.2, -0.15) is 0 Å². The first-order valence-corrected chi connectivity index (χ1v) is 6.84. The van der Waals surface area contributed by atoms with Gasteiger partial charge in [-0.1, -0.05) is 35.3 Å². The van der Waals surface area contributed by atoms with E-state index in [4.69, 9.17) is 0 Å². The van der Waals surface area contributed by atoms with Crippen LogP contribution in [0.4, 0.5) is 4.39 Å². The molecule has 0 amide bonds. The van der Waals surface area contributed by atoms with Crippen LogP contribution in [0.2, 0.25) is 0 Å². The molecule has 0 bridgehead atoms. The lowest BCUT2D eigenvalue weighted by Gasteiger charge is -2.14. The standard InChI is InChI=1S/C14H16BrFO/c1-9-3-2-4-12(9)14(17)7-10-5-6-11(15)8-13(10)16/h5-6,8-9,12H,2-4,7H2,1H3. The minimum absolute atomic E-state index is 0.137. The summed E-state index contributed by atoms with van der Waals surface area (Å²) in [5, 5.41) is 0. The average molecular weight is 299 g/mol. The summed E-state index contributed by atoms with van der Waals surface area (Å²) in [5.74, 6) is 0.494. The van der Waals surface area contributed by atoms with Gasteiger partial charge in [0.2, 0.25) is 0 Å². The van der Waals surface area contributed by atoms with Gasteiger partial charge in [0.1, 0.15) is 11.6 Å². The van der Waals surface area contributed by atoms with Gasteiger partial charge in [0.05, 0.1) is 0 Å². The Kier molecular flexibility index (Phi) is 3.97.